The number of carbonyl (C=O) groups excluding carboxylic acids is 2. The summed E-state index contributed by atoms with van der Waals surface area (Å²) in [6, 6.07) is 19.3. The van der Waals surface area contributed by atoms with Crippen LogP contribution in [0.5, 0.6) is 0 Å². The van der Waals surface area contributed by atoms with Crippen molar-refractivity contribution in [2.45, 2.75) is 39.4 Å². The molecule has 2 amide bonds. The first-order valence-electron chi connectivity index (χ1n) is 11.3. The van der Waals surface area contributed by atoms with Crippen molar-refractivity contribution in [2.75, 3.05) is 17.1 Å². The Hall–Kier alpha value is -2.91. The van der Waals surface area contributed by atoms with Crippen LogP contribution >= 0.6 is 15.9 Å². The average Bonchev–Trinajstić information content (AvgIpc) is 2.79. The van der Waals surface area contributed by atoms with Crippen molar-refractivity contribution in [3.05, 3.63) is 76.8 Å². The molecule has 0 bridgehead atoms. The van der Waals surface area contributed by atoms with Crippen LogP contribution in [0.3, 0.4) is 0 Å². The topological polar surface area (TPSA) is 86.8 Å². The fraction of sp³-hybridized carbons (Fsp3) is 0.308. The second kappa shape index (κ2) is 11.2. The van der Waals surface area contributed by atoms with Gasteiger partial charge >= 0.3 is 0 Å². The molecule has 3 aromatic carbocycles. The predicted molar refractivity (Wildman–Crippen MR) is 144 cm³/mol. The summed E-state index contributed by atoms with van der Waals surface area (Å²) in [4.78, 5) is 27.9. The lowest BCUT2D eigenvalue weighted by atomic mass is 10.1. The molecule has 9 heteroatoms. The minimum Gasteiger partial charge on any atom is -0.352 e. The molecule has 1 unspecified atom stereocenters. The Morgan fingerprint density at radius 2 is 1.63 bits per heavy atom. The maximum atomic E-state index is 13.7. The molecule has 1 atom stereocenters. The van der Waals surface area contributed by atoms with Crippen LogP contribution < -0.4 is 9.62 Å². The van der Waals surface area contributed by atoms with Crippen molar-refractivity contribution in [3.8, 4) is 0 Å². The van der Waals surface area contributed by atoms with Crippen LogP contribution in [-0.4, -0.2) is 50.0 Å². The quantitative estimate of drug-likeness (QED) is 0.423. The number of anilines is 1. The van der Waals surface area contributed by atoms with Crippen LogP contribution in [0.1, 0.15) is 26.3 Å². The molecule has 0 aliphatic rings. The SMILES string of the molecule is CC(C)NC(=O)C(C)N(Cc1cccc(Br)c1)C(=O)CN(c1cccc2ccccc12)S(C)(=O)=O. The van der Waals surface area contributed by atoms with Crippen LogP contribution in [0.4, 0.5) is 5.69 Å². The monoisotopic (exact) mass is 559 g/mol. The third-order valence-corrected chi connectivity index (χ3v) is 7.17. The van der Waals surface area contributed by atoms with E-state index in [4.69, 9.17) is 0 Å². The van der Waals surface area contributed by atoms with Gasteiger partial charge in [0.1, 0.15) is 12.6 Å². The van der Waals surface area contributed by atoms with E-state index in [1.54, 1.807) is 19.1 Å². The minimum absolute atomic E-state index is 0.101. The van der Waals surface area contributed by atoms with Crippen molar-refractivity contribution in [3.63, 3.8) is 0 Å². The van der Waals surface area contributed by atoms with Gasteiger partial charge in [0, 0.05) is 22.4 Å². The smallest absolute Gasteiger partial charge is 0.244 e. The van der Waals surface area contributed by atoms with Crippen LogP contribution in [0, 0.1) is 0 Å². The lowest BCUT2D eigenvalue weighted by Crippen LogP contribution is -2.52. The number of fused-ring (bicyclic) bond motifs is 1. The van der Waals surface area contributed by atoms with Crippen molar-refractivity contribution in [2.24, 2.45) is 0 Å². The summed E-state index contributed by atoms with van der Waals surface area (Å²) in [6.45, 7) is 5.06. The number of nitrogens with zero attached hydrogens (tertiary/aromatic N) is 2. The van der Waals surface area contributed by atoms with Crippen LogP contribution in [0.2, 0.25) is 0 Å². The fourth-order valence-electron chi connectivity index (χ4n) is 3.84. The number of sulfonamides is 1. The second-order valence-corrected chi connectivity index (χ2v) is 11.6. The summed E-state index contributed by atoms with van der Waals surface area (Å²) in [7, 11) is -3.80. The summed E-state index contributed by atoms with van der Waals surface area (Å²) < 4.78 is 27.7. The number of nitrogens with one attached hydrogen (secondary N) is 1. The molecule has 3 aromatic rings. The zero-order valence-corrected chi connectivity index (χ0v) is 22.6. The lowest BCUT2D eigenvalue weighted by molar-refractivity contribution is -0.139. The lowest BCUT2D eigenvalue weighted by Gasteiger charge is -2.32. The normalized spacial score (nSPS) is 12.4. The third kappa shape index (κ3) is 6.82. The molecular formula is C26H30BrN3O4S. The first-order valence-corrected chi connectivity index (χ1v) is 13.9. The van der Waals surface area contributed by atoms with Gasteiger partial charge in [-0.3, -0.25) is 13.9 Å². The van der Waals surface area contributed by atoms with Gasteiger partial charge in [-0.1, -0.05) is 64.5 Å². The number of carbonyl (C=O) groups is 2. The highest BCUT2D eigenvalue weighted by molar-refractivity contribution is 9.10. The van der Waals surface area contributed by atoms with Gasteiger partial charge in [-0.15, -0.1) is 0 Å². The Balaban J connectivity index is 2.00. The molecule has 0 aromatic heterocycles. The third-order valence-electron chi connectivity index (χ3n) is 5.55. The molecule has 35 heavy (non-hydrogen) atoms. The summed E-state index contributed by atoms with van der Waals surface area (Å²) >= 11 is 3.44. The van der Waals surface area contributed by atoms with E-state index >= 15 is 0 Å². The van der Waals surface area contributed by atoms with Gasteiger partial charge in [0.25, 0.3) is 0 Å². The Labute approximate surface area is 215 Å². The van der Waals surface area contributed by atoms with Crippen molar-refractivity contribution in [1.82, 2.24) is 10.2 Å². The Bertz CT molecular complexity index is 1320. The molecule has 1 N–H and O–H groups in total. The standard InChI is InChI=1S/C26H30BrN3O4S/c1-18(2)28-26(32)19(3)29(16-20-9-7-12-22(27)15-20)25(31)17-30(35(4,33)34)24-14-8-11-21-10-5-6-13-23(21)24/h5-15,18-19H,16-17H2,1-4H3,(H,28,32). The number of amides is 2. The van der Waals surface area contributed by atoms with Crippen LogP contribution in [0.25, 0.3) is 10.8 Å². The number of hydrogen-bond donors (Lipinski definition) is 1. The van der Waals surface area contributed by atoms with E-state index in [0.29, 0.717) is 5.69 Å². The summed E-state index contributed by atoms with van der Waals surface area (Å²) in [5.74, 6) is -0.783. The van der Waals surface area contributed by atoms with Gasteiger partial charge < -0.3 is 10.2 Å². The highest BCUT2D eigenvalue weighted by Crippen LogP contribution is 2.28. The highest BCUT2D eigenvalue weighted by Gasteiger charge is 2.30. The molecular weight excluding hydrogens is 530 g/mol. The second-order valence-electron chi connectivity index (χ2n) is 8.76. The van der Waals surface area contributed by atoms with Crippen LogP contribution in [0.15, 0.2) is 71.2 Å². The van der Waals surface area contributed by atoms with E-state index in [1.807, 2.05) is 68.4 Å². The minimum atomic E-state index is -3.80. The Morgan fingerprint density at radius 1 is 0.971 bits per heavy atom. The molecule has 0 spiro atoms. The highest BCUT2D eigenvalue weighted by atomic mass is 79.9. The van der Waals surface area contributed by atoms with Gasteiger partial charge in [0.05, 0.1) is 11.9 Å². The van der Waals surface area contributed by atoms with Crippen LogP contribution in [-0.2, 0) is 26.2 Å². The van der Waals surface area contributed by atoms with E-state index in [9.17, 15) is 18.0 Å². The van der Waals surface area contributed by atoms with E-state index < -0.39 is 28.5 Å². The zero-order valence-electron chi connectivity index (χ0n) is 20.2. The van der Waals surface area contributed by atoms with Gasteiger partial charge in [0.2, 0.25) is 21.8 Å². The number of hydrogen-bond acceptors (Lipinski definition) is 4. The van der Waals surface area contributed by atoms with E-state index in [2.05, 4.69) is 21.2 Å². The molecule has 0 aliphatic carbocycles. The summed E-state index contributed by atoms with van der Waals surface area (Å²) in [5.41, 5.74) is 1.23. The Morgan fingerprint density at radius 3 is 2.29 bits per heavy atom. The first kappa shape index (κ1) is 26.7. The zero-order chi connectivity index (χ0) is 25.8. The summed E-state index contributed by atoms with van der Waals surface area (Å²) in [5, 5.41) is 4.42. The fourth-order valence-corrected chi connectivity index (χ4v) is 5.15. The molecule has 0 aliphatic heterocycles. The molecule has 0 radical (unpaired) electrons. The van der Waals surface area contributed by atoms with Crippen molar-refractivity contribution >= 4 is 54.2 Å². The number of rotatable bonds is 9. The van der Waals surface area contributed by atoms with Crippen molar-refractivity contribution in [1.29, 1.82) is 0 Å². The predicted octanol–water partition coefficient (Wildman–Crippen LogP) is 4.31. The molecule has 0 saturated heterocycles. The average molecular weight is 561 g/mol. The van der Waals surface area contributed by atoms with Crippen molar-refractivity contribution < 1.29 is 18.0 Å². The van der Waals surface area contributed by atoms with E-state index in [0.717, 1.165) is 31.4 Å². The molecule has 0 saturated carbocycles. The largest absolute Gasteiger partial charge is 0.352 e. The van der Waals surface area contributed by atoms with Gasteiger partial charge in [-0.25, -0.2) is 8.42 Å². The van der Waals surface area contributed by atoms with Gasteiger partial charge in [0.15, 0.2) is 0 Å². The maximum Gasteiger partial charge on any atom is 0.244 e. The summed E-state index contributed by atoms with van der Waals surface area (Å²) in [6.07, 6.45) is 1.08. The molecule has 0 heterocycles. The number of halogens is 1. The Kier molecular flexibility index (Phi) is 8.56. The number of benzene rings is 3. The van der Waals surface area contributed by atoms with E-state index in [1.165, 1.54) is 4.90 Å². The first-order chi connectivity index (χ1) is 16.5. The maximum absolute atomic E-state index is 13.7. The molecule has 0 fully saturated rings. The van der Waals surface area contributed by atoms with Gasteiger partial charge in [-0.2, -0.15) is 0 Å². The molecule has 186 valence electrons. The van der Waals surface area contributed by atoms with Gasteiger partial charge in [-0.05, 0) is 49.9 Å². The molecule has 3 rings (SSSR count). The molecule has 7 nitrogen and oxygen atoms in total. The van der Waals surface area contributed by atoms with E-state index in [-0.39, 0.29) is 18.5 Å².